The van der Waals surface area contributed by atoms with Gasteiger partial charge >= 0.3 is 0 Å². The first-order valence-corrected chi connectivity index (χ1v) is 11.1. The predicted molar refractivity (Wildman–Crippen MR) is 108 cm³/mol. The van der Waals surface area contributed by atoms with Crippen molar-refractivity contribution >= 4 is 15.7 Å². The average Bonchev–Trinajstić information content (AvgIpc) is 2.66. The second-order valence-corrected chi connectivity index (χ2v) is 9.59. The lowest BCUT2D eigenvalue weighted by molar-refractivity contribution is -0.124. The van der Waals surface area contributed by atoms with Gasteiger partial charge < -0.3 is 10.6 Å². The third-order valence-corrected chi connectivity index (χ3v) is 7.31. The lowest BCUT2D eigenvalue weighted by atomic mass is 9.95. The van der Waals surface area contributed by atoms with Gasteiger partial charge in [-0.1, -0.05) is 54.1 Å². The zero-order valence-electron chi connectivity index (χ0n) is 15.8. The maximum Gasteiger partial charge on any atom is 0.241 e. The molecule has 0 radical (unpaired) electrons. The van der Waals surface area contributed by atoms with Gasteiger partial charge in [0.1, 0.15) is 0 Å². The Morgan fingerprint density at radius 1 is 1.07 bits per heavy atom. The van der Waals surface area contributed by atoms with Crippen molar-refractivity contribution in [2.45, 2.75) is 31.1 Å². The number of piperidine rings is 1. The maximum absolute atomic E-state index is 12.7. The van der Waals surface area contributed by atoms with Crippen molar-refractivity contribution in [1.29, 1.82) is 0 Å². The lowest BCUT2D eigenvalue weighted by Gasteiger charge is -2.34. The first-order chi connectivity index (χ1) is 12.8. The summed E-state index contributed by atoms with van der Waals surface area (Å²) in [5, 5.41) is 5.96. The molecule has 1 heterocycles. The normalized spacial score (nSPS) is 16.7. The fraction of sp³-hybridized carbons (Fsp3) is 0.381. The van der Waals surface area contributed by atoms with E-state index < -0.39 is 20.5 Å². The van der Waals surface area contributed by atoms with Crippen molar-refractivity contribution in [2.24, 2.45) is 0 Å². The Kier molecular flexibility index (Phi) is 5.67. The van der Waals surface area contributed by atoms with Crippen LogP contribution < -0.4 is 10.6 Å². The lowest BCUT2D eigenvalue weighted by Crippen LogP contribution is -2.57. The van der Waals surface area contributed by atoms with Crippen LogP contribution >= 0.6 is 0 Å². The van der Waals surface area contributed by atoms with Gasteiger partial charge in [-0.2, -0.15) is 0 Å². The van der Waals surface area contributed by atoms with Crippen molar-refractivity contribution < 1.29 is 13.2 Å². The van der Waals surface area contributed by atoms with Gasteiger partial charge in [-0.15, -0.1) is 0 Å². The number of nitrogens with one attached hydrogen (secondary N) is 2. The third kappa shape index (κ3) is 4.22. The molecule has 0 saturated carbocycles. The number of sulfone groups is 1. The Balaban J connectivity index is 1.70. The smallest absolute Gasteiger partial charge is 0.241 e. The second kappa shape index (κ2) is 7.82. The van der Waals surface area contributed by atoms with E-state index in [9.17, 15) is 13.2 Å². The number of carbonyl (C=O) groups is 1. The van der Waals surface area contributed by atoms with Gasteiger partial charge in [0, 0.05) is 12.8 Å². The van der Waals surface area contributed by atoms with E-state index >= 15 is 0 Å². The molecule has 2 aromatic rings. The van der Waals surface area contributed by atoms with Crippen LogP contribution in [0, 0.1) is 6.92 Å². The third-order valence-electron chi connectivity index (χ3n) is 5.29. The summed E-state index contributed by atoms with van der Waals surface area (Å²) in [5.74, 6) is -0.394. The van der Waals surface area contributed by atoms with Crippen LogP contribution in [0.3, 0.4) is 0 Å². The first kappa shape index (κ1) is 19.6. The standard InChI is InChI=1S/C21H26N2O3S/c1-16-4-3-5-19(14-16)18-8-6-17(7-9-18)15-23-20(24)21(27(2,25)26)10-12-22-13-11-21/h3-9,14,22H,10-13,15H2,1-2H3,(H,23,24). The molecule has 3 rings (SSSR count). The van der Waals surface area contributed by atoms with Crippen molar-refractivity contribution in [3.8, 4) is 11.1 Å². The summed E-state index contributed by atoms with van der Waals surface area (Å²) in [6, 6.07) is 16.3. The Morgan fingerprint density at radius 2 is 1.74 bits per heavy atom. The zero-order valence-corrected chi connectivity index (χ0v) is 16.6. The molecule has 0 unspecified atom stereocenters. The molecule has 27 heavy (non-hydrogen) atoms. The number of benzene rings is 2. The van der Waals surface area contributed by atoms with Crippen LogP contribution in [0.25, 0.3) is 11.1 Å². The summed E-state index contributed by atoms with van der Waals surface area (Å²) < 4.78 is 23.3. The molecule has 2 N–H and O–H groups in total. The Morgan fingerprint density at radius 3 is 2.33 bits per heavy atom. The minimum Gasteiger partial charge on any atom is -0.351 e. The molecule has 1 amide bonds. The topological polar surface area (TPSA) is 75.3 Å². The molecule has 0 aromatic heterocycles. The van der Waals surface area contributed by atoms with Crippen molar-refractivity contribution in [3.05, 3.63) is 59.7 Å². The Bertz CT molecular complexity index is 915. The Labute approximate surface area is 161 Å². The average molecular weight is 387 g/mol. The fourth-order valence-electron chi connectivity index (χ4n) is 3.58. The van der Waals surface area contributed by atoms with Gasteiger partial charge in [-0.3, -0.25) is 4.79 Å². The van der Waals surface area contributed by atoms with E-state index in [2.05, 4.69) is 35.8 Å². The minimum absolute atomic E-state index is 0.309. The van der Waals surface area contributed by atoms with E-state index in [0.717, 1.165) is 22.9 Å². The summed E-state index contributed by atoms with van der Waals surface area (Å²) in [5.41, 5.74) is 4.41. The van der Waals surface area contributed by atoms with E-state index in [1.165, 1.54) is 5.56 Å². The molecule has 5 nitrogen and oxygen atoms in total. The number of amides is 1. The molecule has 1 saturated heterocycles. The van der Waals surface area contributed by atoms with Gasteiger partial charge in [0.05, 0.1) is 0 Å². The summed E-state index contributed by atoms with van der Waals surface area (Å²) in [4.78, 5) is 12.7. The molecule has 0 aliphatic carbocycles. The maximum atomic E-state index is 12.7. The molecule has 6 heteroatoms. The van der Waals surface area contributed by atoms with Crippen LogP contribution in [0.4, 0.5) is 0 Å². The molecular formula is C21H26N2O3S. The molecular weight excluding hydrogens is 360 g/mol. The molecule has 1 fully saturated rings. The fourth-order valence-corrected chi connectivity index (χ4v) is 4.93. The van der Waals surface area contributed by atoms with Crippen molar-refractivity contribution in [3.63, 3.8) is 0 Å². The van der Waals surface area contributed by atoms with Crippen LogP contribution in [0.5, 0.6) is 0 Å². The van der Waals surface area contributed by atoms with E-state index in [1.54, 1.807) is 0 Å². The highest BCUT2D eigenvalue weighted by Gasteiger charge is 2.48. The molecule has 0 spiro atoms. The number of hydrogen-bond donors (Lipinski definition) is 2. The minimum atomic E-state index is -3.49. The first-order valence-electron chi connectivity index (χ1n) is 9.16. The van der Waals surface area contributed by atoms with Gasteiger partial charge in [0.2, 0.25) is 5.91 Å². The van der Waals surface area contributed by atoms with Crippen LogP contribution in [0.2, 0.25) is 0 Å². The van der Waals surface area contributed by atoms with Gasteiger partial charge in [0.15, 0.2) is 14.6 Å². The quantitative estimate of drug-likeness (QED) is 0.828. The van der Waals surface area contributed by atoms with Crippen LogP contribution in [0.1, 0.15) is 24.0 Å². The van der Waals surface area contributed by atoms with E-state index in [-0.39, 0.29) is 0 Å². The number of aryl methyl sites for hydroxylation is 1. The molecule has 144 valence electrons. The highest BCUT2D eigenvalue weighted by Crippen LogP contribution is 2.28. The van der Waals surface area contributed by atoms with Crippen molar-refractivity contribution in [2.75, 3.05) is 19.3 Å². The summed E-state index contributed by atoms with van der Waals surface area (Å²) >= 11 is 0. The highest BCUT2D eigenvalue weighted by atomic mass is 32.2. The molecule has 2 aromatic carbocycles. The Hall–Kier alpha value is -2.18. The SMILES string of the molecule is Cc1cccc(-c2ccc(CNC(=O)C3(S(C)(=O)=O)CCNCC3)cc2)c1. The zero-order chi connectivity index (χ0) is 19.5. The van der Waals surface area contributed by atoms with E-state index in [0.29, 0.717) is 32.5 Å². The van der Waals surface area contributed by atoms with Gasteiger partial charge in [-0.05, 0) is 49.5 Å². The molecule has 0 bridgehead atoms. The number of carbonyl (C=O) groups excluding carboxylic acids is 1. The molecule has 1 aliphatic heterocycles. The van der Waals surface area contributed by atoms with Gasteiger partial charge in [0.25, 0.3) is 0 Å². The van der Waals surface area contributed by atoms with Crippen LogP contribution in [-0.2, 0) is 21.2 Å². The predicted octanol–water partition coefficient (Wildman–Crippen LogP) is 2.45. The summed E-state index contributed by atoms with van der Waals surface area (Å²) in [7, 11) is -3.49. The monoisotopic (exact) mass is 386 g/mol. The second-order valence-electron chi connectivity index (χ2n) is 7.27. The molecule has 0 atom stereocenters. The van der Waals surface area contributed by atoms with Crippen LogP contribution in [-0.4, -0.2) is 38.4 Å². The van der Waals surface area contributed by atoms with Crippen LogP contribution in [0.15, 0.2) is 48.5 Å². The highest BCUT2D eigenvalue weighted by molar-refractivity contribution is 7.92. The largest absolute Gasteiger partial charge is 0.351 e. The molecule has 1 aliphatic rings. The van der Waals surface area contributed by atoms with Crippen molar-refractivity contribution in [1.82, 2.24) is 10.6 Å². The number of hydrogen-bond acceptors (Lipinski definition) is 4. The number of rotatable bonds is 5. The van der Waals surface area contributed by atoms with E-state index in [1.807, 2.05) is 30.3 Å². The summed E-state index contributed by atoms with van der Waals surface area (Å²) in [6.07, 6.45) is 1.78. The summed E-state index contributed by atoms with van der Waals surface area (Å²) in [6.45, 7) is 3.45. The van der Waals surface area contributed by atoms with E-state index in [4.69, 9.17) is 0 Å². The van der Waals surface area contributed by atoms with Gasteiger partial charge in [-0.25, -0.2) is 8.42 Å².